The van der Waals surface area contributed by atoms with E-state index in [1.807, 2.05) is 6.07 Å². The van der Waals surface area contributed by atoms with Gasteiger partial charge in [0, 0.05) is 19.1 Å². The normalized spacial score (nSPS) is 14.9. The summed E-state index contributed by atoms with van der Waals surface area (Å²) in [5.74, 6) is 0.656. The molecule has 0 saturated heterocycles. The van der Waals surface area contributed by atoms with Crippen LogP contribution in [0.2, 0.25) is 0 Å². The third kappa shape index (κ3) is 5.03. The molecule has 0 unspecified atom stereocenters. The Bertz CT molecular complexity index is 398. The number of amides is 1. The van der Waals surface area contributed by atoms with Gasteiger partial charge in [-0.3, -0.25) is 9.69 Å². The first-order valence-corrected chi connectivity index (χ1v) is 7.20. The largest absolute Gasteiger partial charge is 0.355 e. The van der Waals surface area contributed by atoms with Gasteiger partial charge in [-0.2, -0.15) is 0 Å². The van der Waals surface area contributed by atoms with E-state index in [4.69, 9.17) is 0 Å². The zero-order valence-corrected chi connectivity index (χ0v) is 11.9. The van der Waals surface area contributed by atoms with Gasteiger partial charge in [0.25, 0.3) is 0 Å². The highest BCUT2D eigenvalue weighted by molar-refractivity contribution is 5.78. The number of benzene rings is 1. The van der Waals surface area contributed by atoms with Gasteiger partial charge in [0.15, 0.2) is 0 Å². The zero-order valence-electron chi connectivity index (χ0n) is 11.9. The molecular weight excluding hydrogens is 236 g/mol. The van der Waals surface area contributed by atoms with E-state index < -0.39 is 0 Å². The van der Waals surface area contributed by atoms with Crippen molar-refractivity contribution in [2.24, 2.45) is 5.92 Å². The zero-order chi connectivity index (χ0) is 13.7. The van der Waals surface area contributed by atoms with Gasteiger partial charge < -0.3 is 5.32 Å². The molecule has 0 atom stereocenters. The van der Waals surface area contributed by atoms with E-state index in [1.165, 1.54) is 18.4 Å². The average molecular weight is 260 g/mol. The van der Waals surface area contributed by atoms with Crippen LogP contribution >= 0.6 is 0 Å². The molecule has 0 bridgehead atoms. The van der Waals surface area contributed by atoms with Crippen molar-refractivity contribution < 1.29 is 4.79 Å². The van der Waals surface area contributed by atoms with Gasteiger partial charge >= 0.3 is 0 Å². The molecule has 19 heavy (non-hydrogen) atoms. The average Bonchev–Trinajstić information content (AvgIpc) is 3.21. The number of nitrogens with one attached hydrogen (secondary N) is 1. The lowest BCUT2D eigenvalue weighted by Gasteiger charge is -2.21. The lowest BCUT2D eigenvalue weighted by Crippen LogP contribution is -2.39. The summed E-state index contributed by atoms with van der Waals surface area (Å²) in [6.45, 7) is 6.39. The molecule has 3 heteroatoms. The van der Waals surface area contributed by atoms with E-state index in [1.54, 1.807) is 0 Å². The third-order valence-electron chi connectivity index (χ3n) is 3.35. The Kier molecular flexibility index (Phi) is 4.97. The van der Waals surface area contributed by atoms with E-state index >= 15 is 0 Å². The fraction of sp³-hybridized carbons (Fsp3) is 0.562. The van der Waals surface area contributed by atoms with E-state index in [-0.39, 0.29) is 5.91 Å². The number of rotatable bonds is 7. The highest BCUT2D eigenvalue weighted by Gasteiger charge is 2.30. The molecule has 0 aromatic heterocycles. The molecule has 104 valence electrons. The van der Waals surface area contributed by atoms with Crippen molar-refractivity contribution in [2.75, 3.05) is 13.1 Å². The van der Waals surface area contributed by atoms with Crippen LogP contribution in [0.25, 0.3) is 0 Å². The van der Waals surface area contributed by atoms with Crippen LogP contribution in [-0.2, 0) is 11.3 Å². The van der Waals surface area contributed by atoms with Gasteiger partial charge in [0.1, 0.15) is 0 Å². The third-order valence-corrected chi connectivity index (χ3v) is 3.35. The predicted molar refractivity (Wildman–Crippen MR) is 77.7 cm³/mol. The molecule has 1 aliphatic carbocycles. The van der Waals surface area contributed by atoms with Gasteiger partial charge in [-0.05, 0) is 24.3 Å². The van der Waals surface area contributed by atoms with E-state index in [9.17, 15) is 4.79 Å². The van der Waals surface area contributed by atoms with E-state index in [0.717, 1.165) is 13.1 Å². The van der Waals surface area contributed by atoms with Gasteiger partial charge in [0.2, 0.25) is 5.91 Å². The van der Waals surface area contributed by atoms with E-state index in [2.05, 4.69) is 48.3 Å². The molecule has 1 saturated carbocycles. The molecule has 1 aliphatic rings. The van der Waals surface area contributed by atoms with Crippen LogP contribution in [0, 0.1) is 5.92 Å². The van der Waals surface area contributed by atoms with Gasteiger partial charge in [-0.1, -0.05) is 44.2 Å². The maximum Gasteiger partial charge on any atom is 0.234 e. The smallest absolute Gasteiger partial charge is 0.234 e. The topological polar surface area (TPSA) is 32.3 Å². The minimum Gasteiger partial charge on any atom is -0.355 e. The SMILES string of the molecule is CC(C)CNC(=O)CN(Cc1ccccc1)C1CC1. The minimum absolute atomic E-state index is 0.150. The summed E-state index contributed by atoms with van der Waals surface area (Å²) in [5.41, 5.74) is 1.28. The molecule has 1 amide bonds. The van der Waals surface area contributed by atoms with Gasteiger partial charge in [0.05, 0.1) is 6.54 Å². The van der Waals surface area contributed by atoms with Crippen molar-refractivity contribution in [3.8, 4) is 0 Å². The van der Waals surface area contributed by atoms with Crippen molar-refractivity contribution in [1.82, 2.24) is 10.2 Å². The van der Waals surface area contributed by atoms with Crippen LogP contribution in [0.3, 0.4) is 0 Å². The molecule has 1 aromatic rings. The van der Waals surface area contributed by atoms with Gasteiger partial charge in [-0.15, -0.1) is 0 Å². The maximum absolute atomic E-state index is 11.9. The highest BCUT2D eigenvalue weighted by atomic mass is 16.2. The highest BCUT2D eigenvalue weighted by Crippen LogP contribution is 2.27. The Morgan fingerprint density at radius 1 is 1.32 bits per heavy atom. The summed E-state index contributed by atoms with van der Waals surface area (Å²) in [6, 6.07) is 11.0. The van der Waals surface area contributed by atoms with E-state index in [0.29, 0.717) is 18.5 Å². The number of carbonyl (C=O) groups is 1. The first-order chi connectivity index (χ1) is 9.15. The summed E-state index contributed by atoms with van der Waals surface area (Å²) < 4.78 is 0. The van der Waals surface area contributed by atoms with Crippen LogP contribution in [0.4, 0.5) is 0 Å². The van der Waals surface area contributed by atoms with Crippen LogP contribution in [0.1, 0.15) is 32.3 Å². The molecule has 0 aliphatic heterocycles. The van der Waals surface area contributed by atoms with Crippen LogP contribution < -0.4 is 5.32 Å². The second-order valence-corrected chi connectivity index (χ2v) is 5.82. The standard InChI is InChI=1S/C16H24N2O/c1-13(2)10-17-16(19)12-18(15-8-9-15)11-14-6-4-3-5-7-14/h3-7,13,15H,8-12H2,1-2H3,(H,17,19). The molecule has 3 nitrogen and oxygen atoms in total. The number of hydrogen-bond acceptors (Lipinski definition) is 2. The molecule has 2 rings (SSSR count). The minimum atomic E-state index is 0.150. The molecule has 1 aromatic carbocycles. The molecular formula is C16H24N2O. The predicted octanol–water partition coefficient (Wildman–Crippen LogP) is 2.42. The fourth-order valence-corrected chi connectivity index (χ4v) is 2.13. The Hall–Kier alpha value is -1.35. The van der Waals surface area contributed by atoms with Crippen molar-refractivity contribution in [2.45, 2.75) is 39.3 Å². The molecule has 1 N–H and O–H groups in total. The fourth-order valence-electron chi connectivity index (χ4n) is 2.13. The maximum atomic E-state index is 11.9. The van der Waals surface area contributed by atoms with Gasteiger partial charge in [-0.25, -0.2) is 0 Å². The van der Waals surface area contributed by atoms with Crippen molar-refractivity contribution in [1.29, 1.82) is 0 Å². The second-order valence-electron chi connectivity index (χ2n) is 5.82. The van der Waals surface area contributed by atoms with Crippen molar-refractivity contribution >= 4 is 5.91 Å². The molecule has 0 spiro atoms. The first-order valence-electron chi connectivity index (χ1n) is 7.20. The number of hydrogen-bond donors (Lipinski definition) is 1. The van der Waals surface area contributed by atoms with Crippen LogP contribution in [-0.4, -0.2) is 29.9 Å². The van der Waals surface area contributed by atoms with Crippen LogP contribution in [0.15, 0.2) is 30.3 Å². The Balaban J connectivity index is 1.85. The molecule has 1 fully saturated rings. The first kappa shape index (κ1) is 14.1. The second kappa shape index (κ2) is 6.71. The quantitative estimate of drug-likeness (QED) is 0.816. The van der Waals surface area contributed by atoms with Crippen molar-refractivity contribution in [3.05, 3.63) is 35.9 Å². The monoisotopic (exact) mass is 260 g/mol. The lowest BCUT2D eigenvalue weighted by molar-refractivity contribution is -0.122. The summed E-state index contributed by atoms with van der Waals surface area (Å²) >= 11 is 0. The molecule has 0 heterocycles. The van der Waals surface area contributed by atoms with Crippen LogP contribution in [0.5, 0.6) is 0 Å². The Morgan fingerprint density at radius 3 is 2.58 bits per heavy atom. The summed E-state index contributed by atoms with van der Waals surface area (Å²) in [7, 11) is 0. The number of nitrogens with zero attached hydrogens (tertiary/aromatic N) is 1. The lowest BCUT2D eigenvalue weighted by atomic mass is 10.2. The summed E-state index contributed by atoms with van der Waals surface area (Å²) in [5, 5.41) is 3.00. The van der Waals surface area contributed by atoms with Crippen molar-refractivity contribution in [3.63, 3.8) is 0 Å². The molecule has 0 radical (unpaired) electrons. The Morgan fingerprint density at radius 2 is 2.00 bits per heavy atom. The number of carbonyl (C=O) groups excluding carboxylic acids is 1. The summed E-state index contributed by atoms with van der Waals surface area (Å²) in [4.78, 5) is 14.2. The Labute approximate surface area is 116 Å². The summed E-state index contributed by atoms with van der Waals surface area (Å²) in [6.07, 6.45) is 2.45.